The Morgan fingerprint density at radius 1 is 1.00 bits per heavy atom. The van der Waals surface area contributed by atoms with E-state index in [1.165, 1.54) is 6.07 Å². The summed E-state index contributed by atoms with van der Waals surface area (Å²) < 4.78 is 48.5. The zero-order chi connectivity index (χ0) is 19.0. The number of hydrogen-bond acceptors (Lipinski definition) is 4. The molecule has 4 rings (SSSR count). The van der Waals surface area contributed by atoms with Crippen LogP contribution in [0.25, 0.3) is 0 Å². The van der Waals surface area contributed by atoms with E-state index in [2.05, 4.69) is 4.98 Å². The van der Waals surface area contributed by atoms with E-state index in [4.69, 9.17) is 9.47 Å². The third-order valence-electron chi connectivity index (χ3n) is 4.65. The van der Waals surface area contributed by atoms with Crippen LogP contribution in [0.4, 0.5) is 19.0 Å². The summed E-state index contributed by atoms with van der Waals surface area (Å²) in [6.45, 7) is 2.15. The van der Waals surface area contributed by atoms with Crippen molar-refractivity contribution in [3.05, 3.63) is 47.7 Å². The third kappa shape index (κ3) is 3.49. The van der Waals surface area contributed by atoms with E-state index in [0.717, 1.165) is 12.3 Å². The predicted octanol–water partition coefficient (Wildman–Crippen LogP) is 2.21. The van der Waals surface area contributed by atoms with Crippen molar-refractivity contribution in [2.75, 3.05) is 37.9 Å². The number of H-pyrrole nitrogens is 1. The van der Waals surface area contributed by atoms with Crippen LogP contribution in [-0.4, -0.2) is 43.8 Å². The van der Waals surface area contributed by atoms with Crippen molar-refractivity contribution < 1.29 is 32.4 Å². The molecule has 1 amide bonds. The number of amides is 1. The van der Waals surface area contributed by atoms with Crippen LogP contribution < -0.4 is 19.4 Å². The van der Waals surface area contributed by atoms with Gasteiger partial charge in [0.15, 0.2) is 11.5 Å². The maximum absolute atomic E-state index is 12.7. The second kappa shape index (κ2) is 6.64. The summed E-state index contributed by atoms with van der Waals surface area (Å²) >= 11 is 0. The molecule has 0 atom stereocenters. The molecule has 0 unspecified atom stereocenters. The van der Waals surface area contributed by atoms with Crippen LogP contribution >= 0.6 is 0 Å². The molecular formula is C18H17F3N3O3+. The number of pyridine rings is 1. The summed E-state index contributed by atoms with van der Waals surface area (Å²) in [5.74, 6) is 1.66. The number of rotatable bonds is 2. The number of nitrogens with one attached hydrogen (secondary N) is 1. The molecule has 2 aromatic rings. The summed E-state index contributed by atoms with van der Waals surface area (Å²) in [5.41, 5.74) is -0.198. The van der Waals surface area contributed by atoms with Crippen LogP contribution in [0.3, 0.4) is 0 Å². The molecule has 1 aromatic heterocycles. The zero-order valence-corrected chi connectivity index (χ0v) is 14.3. The molecule has 2 aliphatic rings. The third-order valence-corrected chi connectivity index (χ3v) is 4.65. The monoisotopic (exact) mass is 380 g/mol. The van der Waals surface area contributed by atoms with Gasteiger partial charge in [0, 0.05) is 11.6 Å². The fraction of sp³-hybridized carbons (Fsp3) is 0.333. The molecule has 0 saturated carbocycles. The van der Waals surface area contributed by atoms with Crippen molar-refractivity contribution in [1.82, 2.24) is 4.90 Å². The van der Waals surface area contributed by atoms with Crippen LogP contribution in [0.1, 0.15) is 15.9 Å². The van der Waals surface area contributed by atoms with Crippen LogP contribution in [0.15, 0.2) is 36.5 Å². The molecule has 1 fully saturated rings. The number of carbonyl (C=O) groups is 1. The number of halogens is 3. The largest absolute Gasteiger partial charge is 0.454 e. The Bertz CT molecular complexity index is 847. The van der Waals surface area contributed by atoms with E-state index in [0.29, 0.717) is 49.1 Å². The fourth-order valence-corrected chi connectivity index (χ4v) is 3.15. The first-order chi connectivity index (χ1) is 12.9. The molecule has 6 nitrogen and oxygen atoms in total. The molecule has 1 aromatic carbocycles. The van der Waals surface area contributed by atoms with Gasteiger partial charge in [-0.15, -0.1) is 0 Å². The van der Waals surface area contributed by atoms with Gasteiger partial charge in [-0.25, -0.2) is 4.98 Å². The van der Waals surface area contributed by atoms with E-state index >= 15 is 0 Å². The van der Waals surface area contributed by atoms with Crippen LogP contribution in [-0.2, 0) is 6.18 Å². The first kappa shape index (κ1) is 17.4. The number of hydrogen-bond donors (Lipinski definition) is 0. The minimum atomic E-state index is -4.37. The molecule has 9 heteroatoms. The molecule has 1 N–H and O–H groups in total. The van der Waals surface area contributed by atoms with Gasteiger partial charge in [-0.3, -0.25) is 9.69 Å². The quantitative estimate of drug-likeness (QED) is 0.802. The highest BCUT2D eigenvalue weighted by Gasteiger charge is 2.33. The summed E-state index contributed by atoms with van der Waals surface area (Å²) in [7, 11) is 0. The molecule has 0 aliphatic carbocycles. The standard InChI is InChI=1S/C18H16F3N3O3/c19-18(20,21)13-2-4-16(22-10-13)23-5-7-24(8-6-23)17(25)12-1-3-14-15(9-12)27-11-26-14/h1-4,9-10H,5-8,11H2/p+1. The Labute approximate surface area is 153 Å². The predicted molar refractivity (Wildman–Crippen MR) is 88.7 cm³/mol. The average molecular weight is 380 g/mol. The van der Waals surface area contributed by atoms with Gasteiger partial charge >= 0.3 is 6.18 Å². The second-order valence-electron chi connectivity index (χ2n) is 6.31. The van der Waals surface area contributed by atoms with E-state index in [1.54, 1.807) is 23.1 Å². The van der Waals surface area contributed by atoms with Crippen LogP contribution in [0, 0.1) is 0 Å². The maximum atomic E-state index is 12.7. The van der Waals surface area contributed by atoms with E-state index in [1.807, 2.05) is 4.90 Å². The van der Waals surface area contributed by atoms with Gasteiger partial charge in [0.1, 0.15) is 19.3 Å². The van der Waals surface area contributed by atoms with Crippen LogP contribution in [0.2, 0.25) is 0 Å². The number of benzene rings is 1. The van der Waals surface area contributed by atoms with E-state index in [-0.39, 0.29) is 12.7 Å². The SMILES string of the molecule is O=C(c1ccc2c(c1)OCO2)N1CCN(c2ccc(C(F)(F)F)c[nH+]2)CC1. The Morgan fingerprint density at radius 2 is 1.74 bits per heavy atom. The van der Waals surface area contributed by atoms with Gasteiger partial charge in [0.2, 0.25) is 6.79 Å². The Balaban J connectivity index is 1.39. The van der Waals surface area contributed by atoms with Crippen molar-refractivity contribution in [3.63, 3.8) is 0 Å². The highest BCUT2D eigenvalue weighted by molar-refractivity contribution is 5.95. The minimum absolute atomic E-state index is 0.107. The number of ether oxygens (including phenoxy) is 2. The minimum Gasteiger partial charge on any atom is -0.454 e. The van der Waals surface area contributed by atoms with Gasteiger partial charge < -0.3 is 14.4 Å². The molecule has 0 radical (unpaired) electrons. The van der Waals surface area contributed by atoms with Gasteiger partial charge in [0.25, 0.3) is 11.7 Å². The summed E-state index contributed by atoms with van der Waals surface area (Å²) in [4.78, 5) is 19.0. The van der Waals surface area contributed by atoms with Gasteiger partial charge in [-0.1, -0.05) is 0 Å². The smallest absolute Gasteiger partial charge is 0.419 e. The highest BCUT2D eigenvalue weighted by Crippen LogP contribution is 2.33. The zero-order valence-electron chi connectivity index (χ0n) is 14.3. The van der Waals surface area contributed by atoms with Crippen molar-refractivity contribution in [3.8, 4) is 11.5 Å². The van der Waals surface area contributed by atoms with Crippen molar-refractivity contribution >= 4 is 11.7 Å². The highest BCUT2D eigenvalue weighted by atomic mass is 19.4. The number of aromatic amines is 1. The second-order valence-corrected chi connectivity index (χ2v) is 6.31. The van der Waals surface area contributed by atoms with Gasteiger partial charge in [-0.2, -0.15) is 13.2 Å². The lowest BCUT2D eigenvalue weighted by Crippen LogP contribution is -2.50. The Kier molecular flexibility index (Phi) is 4.29. The molecule has 27 heavy (non-hydrogen) atoms. The first-order valence-electron chi connectivity index (χ1n) is 8.44. The topological polar surface area (TPSA) is 56.2 Å². The van der Waals surface area contributed by atoms with Crippen molar-refractivity contribution in [2.24, 2.45) is 0 Å². The molecule has 3 heterocycles. The average Bonchev–Trinajstić information content (AvgIpc) is 3.15. The molecule has 0 spiro atoms. The van der Waals surface area contributed by atoms with E-state index in [9.17, 15) is 18.0 Å². The molecule has 0 bridgehead atoms. The lowest BCUT2D eigenvalue weighted by atomic mass is 10.1. The number of nitrogens with zero attached hydrogens (tertiary/aromatic N) is 2. The van der Waals surface area contributed by atoms with Gasteiger partial charge in [-0.05, 0) is 24.3 Å². The van der Waals surface area contributed by atoms with Gasteiger partial charge in [0.05, 0.1) is 18.7 Å². The molecule has 2 aliphatic heterocycles. The summed E-state index contributed by atoms with van der Waals surface area (Å²) in [5, 5.41) is 0. The molecular weight excluding hydrogens is 363 g/mol. The Hall–Kier alpha value is -2.97. The number of aromatic nitrogens is 1. The lowest BCUT2D eigenvalue weighted by Gasteiger charge is -2.31. The van der Waals surface area contributed by atoms with Crippen molar-refractivity contribution in [2.45, 2.75) is 6.18 Å². The molecule has 1 saturated heterocycles. The van der Waals surface area contributed by atoms with E-state index < -0.39 is 11.7 Å². The number of alkyl halides is 3. The summed E-state index contributed by atoms with van der Waals surface area (Å²) in [6.07, 6.45) is -3.41. The maximum Gasteiger partial charge on any atom is 0.419 e. The fourth-order valence-electron chi connectivity index (χ4n) is 3.15. The normalized spacial score (nSPS) is 16.6. The number of anilines is 1. The first-order valence-corrected chi connectivity index (χ1v) is 8.44. The molecule has 142 valence electrons. The summed E-state index contributed by atoms with van der Waals surface area (Å²) in [6, 6.07) is 7.55. The Morgan fingerprint density at radius 3 is 2.41 bits per heavy atom. The number of carbonyl (C=O) groups excluding carboxylic acids is 1. The lowest BCUT2D eigenvalue weighted by molar-refractivity contribution is -0.367. The number of fused-ring (bicyclic) bond motifs is 1. The van der Waals surface area contributed by atoms with Crippen molar-refractivity contribution in [1.29, 1.82) is 0 Å². The van der Waals surface area contributed by atoms with Crippen LogP contribution in [0.5, 0.6) is 11.5 Å². The number of piperazine rings is 1.